The lowest BCUT2D eigenvalue weighted by Crippen LogP contribution is -1.96. The predicted octanol–water partition coefficient (Wildman–Crippen LogP) is 6.60. The zero-order chi connectivity index (χ0) is 19.7. The fourth-order valence-corrected chi connectivity index (χ4v) is 3.47. The third-order valence-corrected chi connectivity index (χ3v) is 4.98. The molecule has 28 heavy (non-hydrogen) atoms. The van der Waals surface area contributed by atoms with Crippen LogP contribution in [0.5, 0.6) is 5.75 Å². The monoisotopic (exact) mass is 370 g/mol. The Labute approximate surface area is 164 Å². The van der Waals surface area contributed by atoms with Crippen molar-refractivity contribution in [1.29, 1.82) is 0 Å². The van der Waals surface area contributed by atoms with E-state index in [0.29, 0.717) is 6.61 Å². The maximum atomic E-state index is 13.6. The fraction of sp³-hybridized carbons (Fsp3) is 0.120. The van der Waals surface area contributed by atoms with E-state index in [-0.39, 0.29) is 5.82 Å². The molecule has 3 aromatic carbocycles. The van der Waals surface area contributed by atoms with Crippen molar-refractivity contribution in [2.75, 3.05) is 6.61 Å². The first-order valence-corrected chi connectivity index (χ1v) is 9.33. The number of nitrogens with zero attached hydrogens (tertiary/aromatic N) is 1. The van der Waals surface area contributed by atoms with Gasteiger partial charge in [-0.3, -0.25) is 0 Å². The molecule has 0 N–H and O–H groups in total. The van der Waals surface area contributed by atoms with Gasteiger partial charge in [0.2, 0.25) is 0 Å². The van der Waals surface area contributed by atoms with E-state index in [1.54, 1.807) is 6.07 Å². The van der Waals surface area contributed by atoms with Gasteiger partial charge in [-0.25, -0.2) is 9.37 Å². The number of hydrogen-bond acceptors (Lipinski definition) is 2. The molecule has 0 saturated carbocycles. The number of ether oxygens (including phenoxy) is 1. The summed E-state index contributed by atoms with van der Waals surface area (Å²) >= 11 is 0. The van der Waals surface area contributed by atoms with Gasteiger partial charge >= 0.3 is 0 Å². The molecule has 1 aromatic heterocycles. The Hall–Kier alpha value is -3.20. The normalized spacial score (nSPS) is 11.0. The molecule has 0 unspecified atom stereocenters. The Morgan fingerprint density at radius 3 is 2.43 bits per heavy atom. The molecule has 1 heterocycles. The molecule has 0 spiro atoms. The standard InChI is InChI=1S/C25H21FNO/c1-4-28-24-8-6-5-7-21(24)18-9-11-19(12-10-18)25-17(3)16(2)22-15-20(26)13-14-23(22)27-25/h5-15H,2,4H2,1,3H3. The Morgan fingerprint density at radius 1 is 0.964 bits per heavy atom. The van der Waals surface area contributed by atoms with E-state index in [9.17, 15) is 4.39 Å². The molecule has 0 aliphatic rings. The van der Waals surface area contributed by atoms with Crippen molar-refractivity contribution in [3.05, 3.63) is 90.6 Å². The molecular formula is C25H21FNO. The van der Waals surface area contributed by atoms with Crippen LogP contribution >= 0.6 is 0 Å². The van der Waals surface area contributed by atoms with E-state index in [2.05, 4.69) is 37.3 Å². The van der Waals surface area contributed by atoms with Crippen LogP contribution in [0.2, 0.25) is 0 Å². The van der Waals surface area contributed by atoms with E-state index in [1.807, 2.05) is 32.0 Å². The summed E-state index contributed by atoms with van der Waals surface area (Å²) in [6.07, 6.45) is 0. The van der Waals surface area contributed by atoms with Crippen LogP contribution in [0.1, 0.15) is 18.1 Å². The van der Waals surface area contributed by atoms with Gasteiger partial charge in [-0.15, -0.1) is 0 Å². The minimum absolute atomic E-state index is 0.274. The quantitative estimate of drug-likeness (QED) is 0.404. The number of hydrogen-bond donors (Lipinski definition) is 0. The molecule has 0 saturated heterocycles. The zero-order valence-corrected chi connectivity index (χ0v) is 16.0. The topological polar surface area (TPSA) is 22.1 Å². The summed E-state index contributed by atoms with van der Waals surface area (Å²) < 4.78 is 19.3. The molecule has 4 aromatic rings. The van der Waals surface area contributed by atoms with Crippen LogP contribution in [0, 0.1) is 19.7 Å². The van der Waals surface area contributed by atoms with Crippen molar-refractivity contribution >= 4 is 10.9 Å². The summed E-state index contributed by atoms with van der Waals surface area (Å²) in [6, 6.07) is 20.9. The van der Waals surface area contributed by atoms with Crippen LogP contribution < -0.4 is 4.74 Å². The predicted molar refractivity (Wildman–Crippen MR) is 113 cm³/mol. The smallest absolute Gasteiger partial charge is 0.127 e. The van der Waals surface area contributed by atoms with Gasteiger partial charge in [0.05, 0.1) is 17.8 Å². The van der Waals surface area contributed by atoms with Gasteiger partial charge in [0.15, 0.2) is 0 Å². The summed E-state index contributed by atoms with van der Waals surface area (Å²) in [4.78, 5) is 4.76. The van der Waals surface area contributed by atoms with Crippen LogP contribution in [0.25, 0.3) is 33.3 Å². The number of rotatable bonds is 4. The molecule has 0 fully saturated rings. The average molecular weight is 370 g/mol. The Bertz CT molecular complexity index is 1150. The van der Waals surface area contributed by atoms with E-state index < -0.39 is 0 Å². The average Bonchev–Trinajstić information content (AvgIpc) is 2.72. The van der Waals surface area contributed by atoms with Gasteiger partial charge in [0.25, 0.3) is 0 Å². The molecule has 2 nitrogen and oxygen atoms in total. The third-order valence-electron chi connectivity index (χ3n) is 4.98. The molecule has 1 radical (unpaired) electrons. The van der Waals surface area contributed by atoms with E-state index in [0.717, 1.165) is 50.2 Å². The van der Waals surface area contributed by atoms with Crippen LogP contribution in [0.4, 0.5) is 4.39 Å². The summed E-state index contributed by atoms with van der Waals surface area (Å²) in [5.41, 5.74) is 6.54. The molecule has 139 valence electrons. The Morgan fingerprint density at radius 2 is 1.68 bits per heavy atom. The second-order valence-electron chi connectivity index (χ2n) is 6.73. The largest absolute Gasteiger partial charge is 0.493 e. The van der Waals surface area contributed by atoms with Crippen molar-refractivity contribution < 1.29 is 9.13 Å². The first-order valence-electron chi connectivity index (χ1n) is 9.33. The molecular weight excluding hydrogens is 349 g/mol. The van der Waals surface area contributed by atoms with Crippen molar-refractivity contribution in [3.63, 3.8) is 0 Å². The summed E-state index contributed by atoms with van der Waals surface area (Å²) in [5.74, 6) is 0.600. The van der Waals surface area contributed by atoms with Gasteiger partial charge in [-0.2, -0.15) is 0 Å². The van der Waals surface area contributed by atoms with Crippen LogP contribution in [-0.4, -0.2) is 11.6 Å². The minimum Gasteiger partial charge on any atom is -0.493 e. The van der Waals surface area contributed by atoms with Crippen LogP contribution in [0.15, 0.2) is 66.7 Å². The lowest BCUT2D eigenvalue weighted by molar-refractivity contribution is 0.341. The highest BCUT2D eigenvalue weighted by Crippen LogP contribution is 2.33. The molecule has 4 rings (SSSR count). The summed E-state index contributed by atoms with van der Waals surface area (Å²) in [7, 11) is 0. The van der Waals surface area contributed by atoms with Crippen molar-refractivity contribution in [3.8, 4) is 28.1 Å². The molecule has 0 atom stereocenters. The number of para-hydroxylation sites is 1. The fourth-order valence-electron chi connectivity index (χ4n) is 3.47. The lowest BCUT2D eigenvalue weighted by atomic mass is 9.97. The minimum atomic E-state index is -0.274. The maximum Gasteiger partial charge on any atom is 0.127 e. The molecule has 0 amide bonds. The summed E-state index contributed by atoms with van der Waals surface area (Å²) in [5, 5.41) is 0.753. The van der Waals surface area contributed by atoms with Crippen LogP contribution in [0.3, 0.4) is 0 Å². The molecule has 0 aliphatic carbocycles. The Balaban J connectivity index is 1.78. The van der Waals surface area contributed by atoms with Gasteiger partial charge in [0, 0.05) is 16.5 Å². The van der Waals surface area contributed by atoms with Crippen molar-refractivity contribution in [2.45, 2.75) is 13.8 Å². The van der Waals surface area contributed by atoms with Gasteiger partial charge in [-0.1, -0.05) is 42.5 Å². The first-order chi connectivity index (χ1) is 13.6. The second kappa shape index (κ2) is 7.43. The number of benzene rings is 3. The highest BCUT2D eigenvalue weighted by atomic mass is 19.1. The van der Waals surface area contributed by atoms with E-state index in [1.165, 1.54) is 12.1 Å². The molecule has 0 aliphatic heterocycles. The van der Waals surface area contributed by atoms with Gasteiger partial charge < -0.3 is 4.74 Å². The van der Waals surface area contributed by atoms with Crippen molar-refractivity contribution in [1.82, 2.24) is 4.98 Å². The maximum absolute atomic E-state index is 13.6. The molecule has 3 heteroatoms. The van der Waals surface area contributed by atoms with Crippen molar-refractivity contribution in [2.24, 2.45) is 0 Å². The van der Waals surface area contributed by atoms with Gasteiger partial charge in [-0.05, 0) is 61.7 Å². The summed E-state index contributed by atoms with van der Waals surface area (Å²) in [6.45, 7) is 8.74. The highest BCUT2D eigenvalue weighted by molar-refractivity contribution is 5.88. The number of pyridine rings is 1. The zero-order valence-electron chi connectivity index (χ0n) is 16.0. The molecule has 0 bridgehead atoms. The second-order valence-corrected chi connectivity index (χ2v) is 6.73. The SMILES string of the molecule is [CH2]c1c(C)c(-c2ccc(-c3ccccc3OCC)cc2)nc2ccc(F)cc12. The number of aromatic nitrogens is 1. The van der Waals surface area contributed by atoms with E-state index in [4.69, 9.17) is 9.72 Å². The van der Waals surface area contributed by atoms with E-state index >= 15 is 0 Å². The number of halogens is 1. The first kappa shape index (κ1) is 18.2. The Kier molecular flexibility index (Phi) is 4.82. The third kappa shape index (κ3) is 3.24. The van der Waals surface area contributed by atoms with Crippen LogP contribution in [-0.2, 0) is 0 Å². The van der Waals surface area contributed by atoms with Gasteiger partial charge in [0.1, 0.15) is 11.6 Å². The lowest BCUT2D eigenvalue weighted by Gasteiger charge is -2.13. The number of fused-ring (bicyclic) bond motifs is 1. The highest BCUT2D eigenvalue weighted by Gasteiger charge is 2.12.